The minimum Gasteiger partial charge on any atom is -0.459 e. The summed E-state index contributed by atoms with van der Waals surface area (Å²) >= 11 is 0. The Labute approximate surface area is 155 Å². The fourth-order valence-corrected chi connectivity index (χ4v) is 3.11. The van der Waals surface area contributed by atoms with E-state index < -0.39 is 0 Å². The van der Waals surface area contributed by atoms with Crippen LogP contribution in [-0.2, 0) is 9.53 Å². The van der Waals surface area contributed by atoms with Crippen LogP contribution >= 0.6 is 0 Å². The van der Waals surface area contributed by atoms with Crippen molar-refractivity contribution in [2.45, 2.75) is 39.2 Å². The summed E-state index contributed by atoms with van der Waals surface area (Å²) in [5.41, 5.74) is 0. The molecule has 2 amide bonds. The normalized spacial score (nSPS) is 16.4. The van der Waals surface area contributed by atoms with Crippen LogP contribution in [0.15, 0.2) is 22.8 Å². The molecule has 7 nitrogen and oxygen atoms in total. The lowest BCUT2D eigenvalue weighted by atomic mass is 10.0. The summed E-state index contributed by atoms with van der Waals surface area (Å²) in [5, 5.41) is 5.80. The molecular weight excluding hydrogens is 334 g/mol. The first-order valence-corrected chi connectivity index (χ1v) is 9.46. The molecule has 0 aliphatic carbocycles. The number of amides is 2. The average molecular weight is 365 g/mol. The number of nitrogens with one attached hydrogen (secondary N) is 2. The zero-order chi connectivity index (χ0) is 18.8. The Kier molecular flexibility index (Phi) is 8.64. The number of carbonyl (C=O) groups is 2. The fraction of sp³-hybridized carbons (Fsp3) is 0.684. The van der Waals surface area contributed by atoms with Gasteiger partial charge in [-0.25, -0.2) is 0 Å². The molecule has 0 spiro atoms. The van der Waals surface area contributed by atoms with Crippen LogP contribution in [0.4, 0.5) is 0 Å². The molecule has 1 aliphatic rings. The summed E-state index contributed by atoms with van der Waals surface area (Å²) in [6.07, 6.45) is 3.52. The van der Waals surface area contributed by atoms with E-state index in [0.717, 1.165) is 32.7 Å². The highest BCUT2D eigenvalue weighted by Gasteiger charge is 2.22. The van der Waals surface area contributed by atoms with Crippen LogP contribution in [0.3, 0.4) is 0 Å². The standard InChI is InChI=1S/C19H31N3O4/c1-15(2)13-16(22-8-11-25-12-9-22)14-21-18(23)6-3-7-20-19(24)17-5-4-10-26-17/h4-5,10,15-16H,3,6-9,11-14H2,1-2H3,(H,20,24)(H,21,23). The van der Waals surface area contributed by atoms with Gasteiger partial charge in [0.25, 0.3) is 5.91 Å². The number of ether oxygens (including phenoxy) is 1. The van der Waals surface area contributed by atoms with E-state index in [-0.39, 0.29) is 17.6 Å². The summed E-state index contributed by atoms with van der Waals surface area (Å²) in [5.74, 6) is 0.645. The van der Waals surface area contributed by atoms with E-state index in [1.165, 1.54) is 6.26 Å². The van der Waals surface area contributed by atoms with Gasteiger partial charge in [0, 0.05) is 38.6 Å². The van der Waals surface area contributed by atoms with Crippen molar-refractivity contribution in [1.82, 2.24) is 15.5 Å². The van der Waals surface area contributed by atoms with Gasteiger partial charge in [0.1, 0.15) is 0 Å². The Balaban J connectivity index is 1.64. The molecule has 1 unspecified atom stereocenters. The number of carbonyl (C=O) groups excluding carboxylic acids is 2. The molecule has 0 aromatic carbocycles. The van der Waals surface area contributed by atoms with Crippen LogP contribution in [0.2, 0.25) is 0 Å². The molecule has 1 saturated heterocycles. The Bertz CT molecular complexity index is 539. The molecule has 0 saturated carbocycles. The molecule has 26 heavy (non-hydrogen) atoms. The van der Waals surface area contributed by atoms with Crippen molar-refractivity contribution in [3.63, 3.8) is 0 Å². The van der Waals surface area contributed by atoms with Crippen LogP contribution in [0, 0.1) is 5.92 Å². The molecular formula is C19H31N3O4. The molecule has 0 radical (unpaired) electrons. The lowest BCUT2D eigenvalue weighted by molar-refractivity contribution is -0.121. The lowest BCUT2D eigenvalue weighted by Crippen LogP contribution is -2.49. The van der Waals surface area contributed by atoms with E-state index >= 15 is 0 Å². The van der Waals surface area contributed by atoms with E-state index in [1.807, 2.05) is 0 Å². The topological polar surface area (TPSA) is 83.8 Å². The molecule has 2 heterocycles. The molecule has 1 aliphatic heterocycles. The van der Waals surface area contributed by atoms with E-state index in [4.69, 9.17) is 9.15 Å². The smallest absolute Gasteiger partial charge is 0.286 e. The van der Waals surface area contributed by atoms with Crippen LogP contribution < -0.4 is 10.6 Å². The minimum absolute atomic E-state index is 0.0271. The summed E-state index contributed by atoms with van der Waals surface area (Å²) in [6.45, 7) is 8.89. The van der Waals surface area contributed by atoms with Crippen molar-refractivity contribution in [1.29, 1.82) is 0 Å². The first kappa shape index (κ1) is 20.5. The van der Waals surface area contributed by atoms with E-state index in [2.05, 4.69) is 29.4 Å². The van der Waals surface area contributed by atoms with Crippen LogP contribution in [0.25, 0.3) is 0 Å². The maximum atomic E-state index is 12.1. The minimum atomic E-state index is -0.250. The van der Waals surface area contributed by atoms with Crippen molar-refractivity contribution in [3.05, 3.63) is 24.2 Å². The predicted octanol–water partition coefficient (Wildman–Crippen LogP) is 1.65. The highest BCUT2D eigenvalue weighted by atomic mass is 16.5. The molecule has 1 atom stereocenters. The van der Waals surface area contributed by atoms with Gasteiger partial charge < -0.3 is 19.8 Å². The summed E-state index contributed by atoms with van der Waals surface area (Å²) in [6, 6.07) is 3.63. The number of rotatable bonds is 10. The second-order valence-corrected chi connectivity index (χ2v) is 7.07. The molecule has 0 bridgehead atoms. The molecule has 1 aromatic heterocycles. The first-order chi connectivity index (χ1) is 12.6. The first-order valence-electron chi connectivity index (χ1n) is 9.46. The van der Waals surface area contributed by atoms with Gasteiger partial charge in [0.05, 0.1) is 19.5 Å². The zero-order valence-corrected chi connectivity index (χ0v) is 15.8. The largest absolute Gasteiger partial charge is 0.459 e. The Hall–Kier alpha value is -1.86. The maximum Gasteiger partial charge on any atom is 0.286 e. The van der Waals surface area contributed by atoms with Crippen molar-refractivity contribution in [3.8, 4) is 0 Å². The number of morpholine rings is 1. The Morgan fingerprint density at radius 1 is 1.23 bits per heavy atom. The van der Waals surface area contributed by atoms with E-state index in [9.17, 15) is 9.59 Å². The zero-order valence-electron chi connectivity index (χ0n) is 15.8. The number of hydrogen-bond donors (Lipinski definition) is 2. The molecule has 146 valence electrons. The van der Waals surface area contributed by atoms with E-state index in [1.54, 1.807) is 12.1 Å². The lowest BCUT2D eigenvalue weighted by Gasteiger charge is -2.35. The number of hydrogen-bond acceptors (Lipinski definition) is 5. The third-order valence-corrected chi connectivity index (χ3v) is 4.45. The SMILES string of the molecule is CC(C)CC(CNC(=O)CCCNC(=O)c1ccco1)N1CCOCC1. The van der Waals surface area contributed by atoms with Gasteiger partial charge >= 0.3 is 0 Å². The van der Waals surface area contributed by atoms with E-state index in [0.29, 0.717) is 37.9 Å². The second kappa shape index (κ2) is 11.0. The van der Waals surface area contributed by atoms with Crippen LogP contribution in [0.1, 0.15) is 43.7 Å². The predicted molar refractivity (Wildman–Crippen MR) is 98.9 cm³/mol. The Morgan fingerprint density at radius 3 is 2.65 bits per heavy atom. The quantitative estimate of drug-likeness (QED) is 0.616. The van der Waals surface area contributed by atoms with Gasteiger partial charge in [0.15, 0.2) is 5.76 Å². The van der Waals surface area contributed by atoms with Crippen molar-refractivity contribution >= 4 is 11.8 Å². The highest BCUT2D eigenvalue weighted by Crippen LogP contribution is 2.13. The van der Waals surface area contributed by atoms with Gasteiger partial charge in [0.2, 0.25) is 5.91 Å². The van der Waals surface area contributed by atoms with Crippen molar-refractivity contribution < 1.29 is 18.7 Å². The summed E-state index contributed by atoms with van der Waals surface area (Å²) < 4.78 is 10.4. The van der Waals surface area contributed by atoms with Crippen LogP contribution in [0.5, 0.6) is 0 Å². The van der Waals surface area contributed by atoms with Gasteiger partial charge in [-0.1, -0.05) is 13.8 Å². The third kappa shape index (κ3) is 7.17. The van der Waals surface area contributed by atoms with Crippen LogP contribution in [-0.4, -0.2) is 62.1 Å². The fourth-order valence-electron chi connectivity index (χ4n) is 3.11. The Morgan fingerprint density at radius 2 is 2.00 bits per heavy atom. The van der Waals surface area contributed by atoms with Crippen molar-refractivity contribution in [2.24, 2.45) is 5.92 Å². The monoisotopic (exact) mass is 365 g/mol. The second-order valence-electron chi connectivity index (χ2n) is 7.07. The maximum absolute atomic E-state index is 12.1. The molecule has 1 aromatic rings. The molecule has 1 fully saturated rings. The summed E-state index contributed by atoms with van der Waals surface area (Å²) in [4.78, 5) is 26.2. The van der Waals surface area contributed by atoms with Crippen molar-refractivity contribution in [2.75, 3.05) is 39.4 Å². The molecule has 2 rings (SSSR count). The van der Waals surface area contributed by atoms with Gasteiger partial charge in [-0.05, 0) is 30.9 Å². The highest BCUT2D eigenvalue weighted by molar-refractivity contribution is 5.91. The van der Waals surface area contributed by atoms with Gasteiger partial charge in [-0.15, -0.1) is 0 Å². The third-order valence-electron chi connectivity index (χ3n) is 4.45. The van der Waals surface area contributed by atoms with Gasteiger partial charge in [-0.3, -0.25) is 14.5 Å². The summed E-state index contributed by atoms with van der Waals surface area (Å²) in [7, 11) is 0. The molecule has 2 N–H and O–H groups in total. The van der Waals surface area contributed by atoms with Gasteiger partial charge in [-0.2, -0.15) is 0 Å². The number of furan rings is 1. The molecule has 7 heteroatoms. The number of nitrogens with zero attached hydrogens (tertiary/aromatic N) is 1. The average Bonchev–Trinajstić information content (AvgIpc) is 3.17.